The summed E-state index contributed by atoms with van der Waals surface area (Å²) in [6, 6.07) is 1.42. The highest BCUT2D eigenvalue weighted by atomic mass is 19.4. The topological polar surface area (TPSA) is 66.4 Å². The smallest absolute Gasteiger partial charge is 0.416 e. The molecule has 0 radical (unpaired) electrons. The maximum Gasteiger partial charge on any atom is 0.416 e. The molecule has 0 saturated heterocycles. The molecular weight excluding hydrogens is 294 g/mol. The van der Waals surface area contributed by atoms with Gasteiger partial charge in [-0.25, -0.2) is 9.18 Å². The number of rotatable bonds is 3. The van der Waals surface area contributed by atoms with Crippen molar-refractivity contribution in [2.24, 2.45) is 0 Å². The third-order valence-electron chi connectivity index (χ3n) is 3.51. The molecule has 0 atom stereocenters. The van der Waals surface area contributed by atoms with E-state index in [1.54, 1.807) is 0 Å². The van der Waals surface area contributed by atoms with Gasteiger partial charge in [-0.1, -0.05) is 0 Å². The first kappa shape index (κ1) is 15.3. The summed E-state index contributed by atoms with van der Waals surface area (Å²) in [5.41, 5.74) is -3.51. The van der Waals surface area contributed by atoms with Crippen molar-refractivity contribution in [1.82, 2.24) is 5.32 Å². The lowest BCUT2D eigenvalue weighted by atomic mass is 9.76. The maximum atomic E-state index is 13.5. The number of nitrogens with one attached hydrogen (secondary N) is 1. The van der Waals surface area contributed by atoms with Gasteiger partial charge in [0.25, 0.3) is 5.91 Å². The number of carbonyl (C=O) groups excluding carboxylic acids is 1. The van der Waals surface area contributed by atoms with Crippen LogP contribution < -0.4 is 5.32 Å². The summed E-state index contributed by atoms with van der Waals surface area (Å²) in [6.45, 7) is 0. The Morgan fingerprint density at radius 2 is 1.86 bits per heavy atom. The Balaban J connectivity index is 2.29. The van der Waals surface area contributed by atoms with Crippen molar-refractivity contribution in [1.29, 1.82) is 0 Å². The Kier molecular flexibility index (Phi) is 3.65. The number of amides is 1. The summed E-state index contributed by atoms with van der Waals surface area (Å²) in [6.07, 6.45) is -3.83. The van der Waals surface area contributed by atoms with Crippen molar-refractivity contribution in [3.05, 3.63) is 35.1 Å². The van der Waals surface area contributed by atoms with Gasteiger partial charge >= 0.3 is 12.1 Å². The van der Waals surface area contributed by atoms with Crippen LogP contribution in [0.2, 0.25) is 0 Å². The monoisotopic (exact) mass is 305 g/mol. The van der Waals surface area contributed by atoms with E-state index in [1.807, 2.05) is 0 Å². The van der Waals surface area contributed by atoms with Crippen LogP contribution in [-0.4, -0.2) is 22.5 Å². The van der Waals surface area contributed by atoms with Crippen LogP contribution in [0.25, 0.3) is 0 Å². The fraction of sp³-hybridized carbons (Fsp3) is 0.385. The molecule has 1 aromatic carbocycles. The third kappa shape index (κ3) is 2.84. The van der Waals surface area contributed by atoms with Gasteiger partial charge in [-0.15, -0.1) is 0 Å². The van der Waals surface area contributed by atoms with Crippen molar-refractivity contribution in [3.8, 4) is 0 Å². The second-order valence-corrected chi connectivity index (χ2v) is 4.89. The third-order valence-corrected chi connectivity index (χ3v) is 3.51. The predicted molar refractivity (Wildman–Crippen MR) is 63.1 cm³/mol. The summed E-state index contributed by atoms with van der Waals surface area (Å²) >= 11 is 0. The van der Waals surface area contributed by atoms with E-state index in [0.717, 1.165) is 0 Å². The summed E-state index contributed by atoms with van der Waals surface area (Å²) in [5, 5.41) is 11.2. The minimum Gasteiger partial charge on any atom is -0.480 e. The van der Waals surface area contributed by atoms with Gasteiger partial charge in [-0.3, -0.25) is 4.79 Å². The van der Waals surface area contributed by atoms with Crippen LogP contribution in [0.15, 0.2) is 18.2 Å². The quantitative estimate of drug-likeness (QED) is 0.844. The Morgan fingerprint density at radius 1 is 1.24 bits per heavy atom. The van der Waals surface area contributed by atoms with Crippen molar-refractivity contribution in [2.45, 2.75) is 31.0 Å². The Hall–Kier alpha value is -2.12. The van der Waals surface area contributed by atoms with Crippen LogP contribution in [0.1, 0.15) is 35.2 Å². The molecule has 1 amide bonds. The first-order valence-corrected chi connectivity index (χ1v) is 6.08. The highest BCUT2D eigenvalue weighted by Crippen LogP contribution is 2.33. The minimum absolute atomic E-state index is 0.161. The highest BCUT2D eigenvalue weighted by Gasteiger charge is 2.46. The second-order valence-electron chi connectivity index (χ2n) is 4.89. The van der Waals surface area contributed by atoms with E-state index in [1.165, 1.54) is 0 Å². The molecule has 1 saturated carbocycles. The van der Waals surface area contributed by atoms with E-state index in [9.17, 15) is 27.2 Å². The van der Waals surface area contributed by atoms with Gasteiger partial charge in [0.05, 0.1) is 11.1 Å². The molecule has 1 fully saturated rings. The zero-order chi connectivity index (χ0) is 15.8. The number of hydrogen-bond donors (Lipinski definition) is 2. The summed E-state index contributed by atoms with van der Waals surface area (Å²) < 4.78 is 51.2. The molecule has 8 heteroatoms. The number of halogens is 4. The summed E-state index contributed by atoms with van der Waals surface area (Å²) in [7, 11) is 0. The van der Waals surface area contributed by atoms with Crippen LogP contribution in [0.4, 0.5) is 17.6 Å². The average Bonchev–Trinajstić information content (AvgIpc) is 2.32. The molecule has 0 bridgehead atoms. The van der Waals surface area contributed by atoms with Crippen LogP contribution in [0, 0.1) is 5.82 Å². The van der Waals surface area contributed by atoms with Gasteiger partial charge in [0, 0.05) is 0 Å². The lowest BCUT2D eigenvalue weighted by Crippen LogP contribution is -2.59. The van der Waals surface area contributed by atoms with E-state index in [0.29, 0.717) is 24.6 Å². The van der Waals surface area contributed by atoms with Crippen LogP contribution in [0.3, 0.4) is 0 Å². The van der Waals surface area contributed by atoms with Crippen LogP contribution >= 0.6 is 0 Å². The average molecular weight is 305 g/mol. The molecule has 2 rings (SSSR count). The Morgan fingerprint density at radius 3 is 2.29 bits per heavy atom. The van der Waals surface area contributed by atoms with Crippen molar-refractivity contribution < 1.29 is 32.3 Å². The minimum atomic E-state index is -4.72. The van der Waals surface area contributed by atoms with Gasteiger partial charge < -0.3 is 10.4 Å². The van der Waals surface area contributed by atoms with E-state index in [2.05, 4.69) is 5.32 Å². The molecule has 0 heterocycles. The molecule has 0 aliphatic heterocycles. The Bertz CT molecular complexity index is 594. The van der Waals surface area contributed by atoms with E-state index >= 15 is 0 Å². The molecule has 114 valence electrons. The van der Waals surface area contributed by atoms with Gasteiger partial charge in [0.1, 0.15) is 11.4 Å². The zero-order valence-corrected chi connectivity index (χ0v) is 10.6. The fourth-order valence-electron chi connectivity index (χ4n) is 2.08. The van der Waals surface area contributed by atoms with Gasteiger partial charge in [0.15, 0.2) is 0 Å². The van der Waals surface area contributed by atoms with E-state index < -0.39 is 40.5 Å². The first-order chi connectivity index (χ1) is 9.66. The molecule has 1 aromatic rings. The number of carbonyl (C=O) groups is 2. The van der Waals surface area contributed by atoms with Crippen molar-refractivity contribution >= 4 is 11.9 Å². The van der Waals surface area contributed by atoms with Gasteiger partial charge in [0.2, 0.25) is 0 Å². The molecule has 1 aliphatic carbocycles. The molecule has 4 nitrogen and oxygen atoms in total. The number of benzene rings is 1. The second kappa shape index (κ2) is 5.01. The number of aliphatic carboxylic acids is 1. The van der Waals surface area contributed by atoms with Crippen LogP contribution in [0.5, 0.6) is 0 Å². The first-order valence-electron chi connectivity index (χ1n) is 6.08. The molecule has 1 aliphatic rings. The summed E-state index contributed by atoms with van der Waals surface area (Å²) in [4.78, 5) is 23.0. The van der Waals surface area contributed by atoms with Gasteiger partial charge in [-0.05, 0) is 37.5 Å². The van der Waals surface area contributed by atoms with Crippen molar-refractivity contribution in [2.75, 3.05) is 0 Å². The highest BCUT2D eigenvalue weighted by molar-refractivity contribution is 5.98. The lowest BCUT2D eigenvalue weighted by Gasteiger charge is -2.38. The largest absolute Gasteiger partial charge is 0.480 e. The standard InChI is InChI=1S/C13H11F4NO3/c14-9-3-2-7(13(15,16)17)6-8(9)10(19)18-12(11(20)21)4-1-5-12/h2-3,6H,1,4-5H2,(H,18,19)(H,20,21). The van der Waals surface area contributed by atoms with E-state index in [-0.39, 0.29) is 12.8 Å². The number of carboxylic acids is 1. The van der Waals surface area contributed by atoms with Gasteiger partial charge in [-0.2, -0.15) is 13.2 Å². The molecule has 0 unspecified atom stereocenters. The summed E-state index contributed by atoms with van der Waals surface area (Å²) in [5.74, 6) is -3.59. The van der Waals surface area contributed by atoms with E-state index in [4.69, 9.17) is 5.11 Å². The fourth-order valence-corrected chi connectivity index (χ4v) is 2.08. The maximum absolute atomic E-state index is 13.5. The Labute approximate surface area is 116 Å². The zero-order valence-electron chi connectivity index (χ0n) is 10.6. The molecular formula is C13H11F4NO3. The molecule has 0 aromatic heterocycles. The van der Waals surface area contributed by atoms with Crippen molar-refractivity contribution in [3.63, 3.8) is 0 Å². The lowest BCUT2D eigenvalue weighted by molar-refractivity contribution is -0.148. The molecule has 21 heavy (non-hydrogen) atoms. The predicted octanol–water partition coefficient (Wildman–Crippen LogP) is 2.58. The molecule has 0 spiro atoms. The molecule has 2 N–H and O–H groups in total. The van der Waals surface area contributed by atoms with Crippen LogP contribution in [-0.2, 0) is 11.0 Å². The normalized spacial score (nSPS) is 17.0. The SMILES string of the molecule is O=C(NC1(C(=O)O)CCC1)c1cc(C(F)(F)F)ccc1F. The number of alkyl halides is 3. The number of hydrogen-bond acceptors (Lipinski definition) is 2. The number of carboxylic acid groups (broad SMARTS) is 1.